The van der Waals surface area contributed by atoms with Crippen molar-refractivity contribution in [3.8, 4) is 11.1 Å². The molecule has 6 rings (SSSR count). The molecule has 2 N–H and O–H groups in total. The molecule has 4 aromatic rings. The number of rotatable bonds is 8. The Balaban J connectivity index is 1.27. The van der Waals surface area contributed by atoms with Crippen LogP contribution in [-0.4, -0.2) is 70.4 Å². The van der Waals surface area contributed by atoms with Crippen molar-refractivity contribution in [2.45, 2.75) is 58.7 Å². The van der Waals surface area contributed by atoms with Gasteiger partial charge >= 0.3 is 5.97 Å². The molecule has 2 amide bonds. The van der Waals surface area contributed by atoms with Crippen LogP contribution in [0.3, 0.4) is 0 Å². The van der Waals surface area contributed by atoms with Crippen LogP contribution in [0.2, 0.25) is 0 Å². The summed E-state index contributed by atoms with van der Waals surface area (Å²) in [4.78, 5) is 65.1. The molecule has 1 aliphatic carbocycles. The van der Waals surface area contributed by atoms with Crippen molar-refractivity contribution in [3.63, 3.8) is 0 Å². The van der Waals surface area contributed by atoms with Gasteiger partial charge in [0.05, 0.1) is 5.52 Å². The van der Waals surface area contributed by atoms with E-state index in [9.17, 15) is 19.2 Å². The van der Waals surface area contributed by atoms with Gasteiger partial charge < -0.3 is 15.3 Å². The van der Waals surface area contributed by atoms with Crippen LogP contribution < -0.4 is 5.32 Å². The van der Waals surface area contributed by atoms with Crippen LogP contribution in [0.25, 0.3) is 22.0 Å². The van der Waals surface area contributed by atoms with E-state index in [1.54, 1.807) is 23.1 Å². The number of pyridine rings is 1. The van der Waals surface area contributed by atoms with Crippen molar-refractivity contribution in [2.75, 3.05) is 5.32 Å². The number of piperidine rings is 1. The van der Waals surface area contributed by atoms with Gasteiger partial charge in [0.25, 0.3) is 0 Å². The van der Waals surface area contributed by atoms with E-state index >= 15 is 0 Å². The minimum absolute atomic E-state index is 0.0443. The normalized spacial score (nSPS) is 20.6. The Kier molecular flexibility index (Phi) is 7.07. The first-order valence-corrected chi connectivity index (χ1v) is 14.5. The van der Waals surface area contributed by atoms with Crippen molar-refractivity contribution in [2.24, 2.45) is 5.41 Å². The number of aliphatic carboxylic acids is 1. The largest absolute Gasteiger partial charge is 0.481 e. The molecular formula is C30H28BrN7O5. The minimum atomic E-state index is -1.02. The Labute approximate surface area is 254 Å². The molecule has 3 atom stereocenters. The lowest BCUT2D eigenvalue weighted by Crippen LogP contribution is -2.47. The number of aromatic nitrogens is 5. The van der Waals surface area contributed by atoms with Crippen LogP contribution in [0, 0.1) is 12.3 Å². The molecule has 1 aromatic carbocycles. The minimum Gasteiger partial charge on any atom is -0.481 e. The summed E-state index contributed by atoms with van der Waals surface area (Å²) in [6, 6.07) is 8.32. The second kappa shape index (κ2) is 10.6. The molecule has 2 aliphatic rings. The van der Waals surface area contributed by atoms with Crippen molar-refractivity contribution in [3.05, 3.63) is 64.4 Å². The predicted octanol–water partition coefficient (Wildman–Crippen LogP) is 3.81. The van der Waals surface area contributed by atoms with Crippen molar-refractivity contribution >= 4 is 56.2 Å². The van der Waals surface area contributed by atoms with E-state index in [-0.39, 0.29) is 53.5 Å². The van der Waals surface area contributed by atoms with Gasteiger partial charge in [-0.25, -0.2) is 15.0 Å². The molecule has 2 fully saturated rings. The summed E-state index contributed by atoms with van der Waals surface area (Å²) < 4.78 is 2.11. The summed E-state index contributed by atoms with van der Waals surface area (Å²) in [6.07, 6.45) is 4.16. The van der Waals surface area contributed by atoms with Gasteiger partial charge in [-0.15, -0.1) is 0 Å². The zero-order valence-electron chi connectivity index (χ0n) is 23.7. The summed E-state index contributed by atoms with van der Waals surface area (Å²) >= 11 is 3.34. The molecule has 1 aliphatic heterocycles. The fraction of sp³-hybridized carbons (Fsp3) is 0.333. The highest BCUT2D eigenvalue weighted by Crippen LogP contribution is 2.59. The number of likely N-dealkylation sites (tertiary alicyclic amines) is 1. The van der Waals surface area contributed by atoms with Gasteiger partial charge in [-0.1, -0.05) is 19.1 Å². The van der Waals surface area contributed by atoms with Gasteiger partial charge in [-0.05, 0) is 70.4 Å². The lowest BCUT2D eigenvalue weighted by Gasteiger charge is -2.27. The number of fused-ring (bicyclic) bond motifs is 2. The lowest BCUT2D eigenvalue weighted by molar-refractivity contribution is -0.138. The maximum atomic E-state index is 13.8. The summed E-state index contributed by atoms with van der Waals surface area (Å²) in [5.41, 5.74) is 2.86. The van der Waals surface area contributed by atoms with Crippen LogP contribution in [0.4, 0.5) is 5.82 Å². The number of hydrogen-bond acceptors (Lipinski definition) is 8. The van der Waals surface area contributed by atoms with E-state index in [2.05, 4.69) is 48.2 Å². The van der Waals surface area contributed by atoms with Crippen molar-refractivity contribution in [1.82, 2.24) is 29.6 Å². The monoisotopic (exact) mass is 645 g/mol. The van der Waals surface area contributed by atoms with E-state index in [0.717, 1.165) is 12.0 Å². The first-order chi connectivity index (χ1) is 20.4. The number of aryl methyl sites for hydroxylation is 1. The molecule has 13 heteroatoms. The quantitative estimate of drug-likeness (QED) is 0.214. The van der Waals surface area contributed by atoms with Gasteiger partial charge in [-0.2, -0.15) is 5.10 Å². The molecule has 12 nitrogen and oxygen atoms in total. The number of carboxylic acids is 1. The van der Waals surface area contributed by atoms with E-state index in [1.807, 2.05) is 19.1 Å². The molecule has 220 valence electrons. The number of amides is 2. The Hall–Kier alpha value is -4.52. The Morgan fingerprint density at radius 1 is 1.09 bits per heavy atom. The third kappa shape index (κ3) is 5.40. The van der Waals surface area contributed by atoms with Crippen molar-refractivity contribution in [1.29, 1.82) is 0 Å². The molecule has 4 heterocycles. The summed E-state index contributed by atoms with van der Waals surface area (Å²) in [5, 5.41) is 16.9. The summed E-state index contributed by atoms with van der Waals surface area (Å²) in [7, 11) is 0. The SMILES string of the molecule is CC(=O)c1nn(CC(=O)N2[C@H](C(=O)Nc3nc(Br)ccc3C)C[C@@]3(C)C[C@@H]23)c2ccc(-c3cnc(CC(=O)O)nc3)cc12. The van der Waals surface area contributed by atoms with E-state index in [0.29, 0.717) is 38.9 Å². The van der Waals surface area contributed by atoms with Gasteiger partial charge in [0, 0.05) is 36.3 Å². The first-order valence-electron chi connectivity index (χ1n) is 13.7. The number of carboxylic acid groups (broad SMARTS) is 1. The molecule has 0 unspecified atom stereocenters. The maximum absolute atomic E-state index is 13.8. The van der Waals surface area contributed by atoms with Gasteiger partial charge in [-0.3, -0.25) is 23.9 Å². The molecular weight excluding hydrogens is 618 g/mol. The number of carbonyl (C=O) groups is 4. The topological polar surface area (TPSA) is 160 Å². The third-order valence-electron chi connectivity index (χ3n) is 8.25. The maximum Gasteiger partial charge on any atom is 0.311 e. The number of nitrogens with one attached hydrogen (secondary N) is 1. The Morgan fingerprint density at radius 2 is 1.84 bits per heavy atom. The fourth-order valence-corrected chi connectivity index (χ4v) is 6.18. The van der Waals surface area contributed by atoms with Gasteiger partial charge in [0.1, 0.15) is 40.9 Å². The van der Waals surface area contributed by atoms with Crippen molar-refractivity contribution < 1.29 is 24.3 Å². The molecule has 0 spiro atoms. The zero-order chi connectivity index (χ0) is 30.6. The van der Waals surface area contributed by atoms with Gasteiger partial charge in [0.2, 0.25) is 11.8 Å². The Morgan fingerprint density at radius 3 is 2.53 bits per heavy atom. The summed E-state index contributed by atoms with van der Waals surface area (Å²) in [6.45, 7) is 5.22. The molecule has 0 radical (unpaired) electrons. The number of hydrogen-bond donors (Lipinski definition) is 2. The number of benzene rings is 1. The van der Waals surface area contributed by atoms with E-state index in [1.165, 1.54) is 24.0 Å². The second-order valence-electron chi connectivity index (χ2n) is 11.4. The molecule has 0 bridgehead atoms. The van der Waals surface area contributed by atoms with Crippen LogP contribution in [0.15, 0.2) is 47.3 Å². The standard InChI is InChI=1S/C30H28BrN7O5/c1-15-4-7-23(31)34-28(15)35-29(43)21-10-30(3)11-22(30)38(21)25(40)14-37-20-6-5-17(8-19(20)27(36-37)16(2)39)18-12-32-24(33-13-18)9-26(41)42/h4-8,12-13,21-22H,9-11,14H2,1-3H3,(H,41,42)(H,34,35,43)/t21-,22+,30-/m0/s1. The average molecular weight is 647 g/mol. The molecule has 1 saturated heterocycles. The third-order valence-corrected chi connectivity index (χ3v) is 8.69. The van der Waals surface area contributed by atoms with Gasteiger partial charge in [0.15, 0.2) is 5.78 Å². The Bertz CT molecular complexity index is 1820. The zero-order valence-corrected chi connectivity index (χ0v) is 25.3. The van der Waals surface area contributed by atoms with E-state index < -0.39 is 12.0 Å². The van der Waals surface area contributed by atoms with Crippen LogP contribution in [0.5, 0.6) is 0 Å². The fourth-order valence-electron chi connectivity index (χ4n) is 5.87. The number of ketones is 1. The molecule has 3 aromatic heterocycles. The average Bonchev–Trinajstić information content (AvgIpc) is 3.32. The first kappa shape index (κ1) is 28.6. The number of Topliss-reactive ketones (excluding diaryl/α,β-unsaturated/α-hetero) is 1. The highest BCUT2D eigenvalue weighted by atomic mass is 79.9. The molecule has 1 saturated carbocycles. The second-order valence-corrected chi connectivity index (χ2v) is 12.2. The smallest absolute Gasteiger partial charge is 0.311 e. The highest BCUT2D eigenvalue weighted by Gasteiger charge is 2.64. The van der Waals surface area contributed by atoms with Crippen LogP contribution in [-0.2, 0) is 27.3 Å². The highest BCUT2D eigenvalue weighted by molar-refractivity contribution is 9.10. The van der Waals surface area contributed by atoms with Crippen LogP contribution >= 0.6 is 15.9 Å². The summed E-state index contributed by atoms with van der Waals surface area (Å²) in [5.74, 6) is -1.18. The predicted molar refractivity (Wildman–Crippen MR) is 159 cm³/mol. The number of nitrogens with zero attached hydrogens (tertiary/aromatic N) is 6. The number of carbonyl (C=O) groups excluding carboxylic acids is 3. The van der Waals surface area contributed by atoms with E-state index in [4.69, 9.17) is 5.11 Å². The lowest BCUT2D eigenvalue weighted by atomic mass is 10.0. The number of halogens is 1. The molecule has 43 heavy (non-hydrogen) atoms. The number of anilines is 1. The van der Waals surface area contributed by atoms with Crippen LogP contribution in [0.1, 0.15) is 48.6 Å².